The largest absolute Gasteiger partial charge is 0.381 e. The third-order valence-electron chi connectivity index (χ3n) is 4.85. The molecule has 2 fully saturated rings. The summed E-state index contributed by atoms with van der Waals surface area (Å²) in [6, 6.07) is 0.0338. The Morgan fingerprint density at radius 1 is 1.25 bits per heavy atom. The van der Waals surface area contributed by atoms with E-state index in [1.54, 1.807) is 6.92 Å². The average Bonchev–Trinajstić information content (AvgIpc) is 2.51. The molecule has 1 spiro atoms. The van der Waals surface area contributed by atoms with Crippen LogP contribution in [0.4, 0.5) is 0 Å². The molecule has 8 nitrogen and oxygen atoms in total. The van der Waals surface area contributed by atoms with Crippen molar-refractivity contribution in [3.63, 3.8) is 0 Å². The molecule has 0 aliphatic carbocycles. The zero-order valence-electron chi connectivity index (χ0n) is 13.8. The molecule has 3 heterocycles. The predicted octanol–water partition coefficient (Wildman–Crippen LogP) is -0.241. The number of H-pyrrole nitrogens is 2. The first-order valence-electron chi connectivity index (χ1n) is 8.31. The maximum absolute atomic E-state index is 12.3. The molecule has 0 unspecified atom stereocenters. The molecule has 132 valence electrons. The van der Waals surface area contributed by atoms with E-state index in [4.69, 9.17) is 9.47 Å². The van der Waals surface area contributed by atoms with Crippen molar-refractivity contribution in [1.29, 1.82) is 0 Å². The Hall–Kier alpha value is -1.93. The van der Waals surface area contributed by atoms with Gasteiger partial charge in [0.15, 0.2) is 0 Å². The number of carbonyl (C=O) groups is 1. The fourth-order valence-electron chi connectivity index (χ4n) is 3.52. The Bertz CT molecular complexity index is 712. The van der Waals surface area contributed by atoms with Crippen LogP contribution in [-0.2, 0) is 20.7 Å². The van der Waals surface area contributed by atoms with E-state index in [9.17, 15) is 14.4 Å². The van der Waals surface area contributed by atoms with Crippen LogP contribution in [-0.4, -0.2) is 47.3 Å². The Morgan fingerprint density at radius 2 is 2.00 bits per heavy atom. The molecule has 0 saturated carbocycles. The van der Waals surface area contributed by atoms with Crippen LogP contribution in [0.25, 0.3) is 0 Å². The molecule has 3 rings (SSSR count). The number of ether oxygens (including phenoxy) is 2. The molecular weight excluding hydrogens is 314 g/mol. The van der Waals surface area contributed by atoms with Crippen molar-refractivity contribution in [2.24, 2.45) is 0 Å². The lowest BCUT2D eigenvalue weighted by Crippen LogP contribution is -2.51. The van der Waals surface area contributed by atoms with E-state index in [2.05, 4.69) is 15.3 Å². The van der Waals surface area contributed by atoms with Crippen LogP contribution >= 0.6 is 0 Å². The van der Waals surface area contributed by atoms with Gasteiger partial charge in [-0.15, -0.1) is 0 Å². The summed E-state index contributed by atoms with van der Waals surface area (Å²) in [6.07, 6.45) is 3.17. The SMILES string of the molecule is Cc1[nH]c(=O)[nH]c(=O)c1CC(=O)N[C@@H]1CCOC2(CCOCC2)C1. The standard InChI is InChI=1S/C16H23N3O5/c1-10-12(14(21)19-15(22)17-10)8-13(20)18-11-2-5-24-16(9-11)3-6-23-7-4-16/h11H,2-9H2,1H3,(H,18,20)(H2,17,19,21,22)/t11-/m1/s1. The van der Waals surface area contributed by atoms with Crippen LogP contribution in [0.5, 0.6) is 0 Å². The number of carbonyl (C=O) groups excluding carboxylic acids is 1. The van der Waals surface area contributed by atoms with Gasteiger partial charge in [-0.3, -0.25) is 14.6 Å². The third kappa shape index (κ3) is 3.76. The van der Waals surface area contributed by atoms with Gasteiger partial charge in [0.1, 0.15) is 0 Å². The lowest BCUT2D eigenvalue weighted by molar-refractivity contribution is -0.143. The quantitative estimate of drug-likeness (QED) is 0.704. The molecule has 1 amide bonds. The van der Waals surface area contributed by atoms with Gasteiger partial charge in [0.05, 0.1) is 12.0 Å². The highest BCUT2D eigenvalue weighted by atomic mass is 16.5. The Balaban J connectivity index is 1.63. The third-order valence-corrected chi connectivity index (χ3v) is 4.85. The van der Waals surface area contributed by atoms with E-state index < -0.39 is 11.2 Å². The summed E-state index contributed by atoms with van der Waals surface area (Å²) >= 11 is 0. The number of aromatic amines is 2. The van der Waals surface area contributed by atoms with Gasteiger partial charge in [-0.05, 0) is 32.6 Å². The highest BCUT2D eigenvalue weighted by Gasteiger charge is 2.39. The molecule has 0 bridgehead atoms. The van der Waals surface area contributed by atoms with Crippen LogP contribution < -0.4 is 16.6 Å². The number of rotatable bonds is 3. The molecule has 0 radical (unpaired) electrons. The lowest BCUT2D eigenvalue weighted by atomic mass is 9.84. The molecule has 0 aromatic carbocycles. The average molecular weight is 337 g/mol. The summed E-state index contributed by atoms with van der Waals surface area (Å²) in [4.78, 5) is 40.0. The summed E-state index contributed by atoms with van der Waals surface area (Å²) in [5.41, 5.74) is -0.557. The van der Waals surface area contributed by atoms with Gasteiger partial charge in [-0.2, -0.15) is 0 Å². The molecule has 1 aromatic heterocycles. The van der Waals surface area contributed by atoms with Crippen LogP contribution in [0.2, 0.25) is 0 Å². The molecular formula is C16H23N3O5. The van der Waals surface area contributed by atoms with E-state index >= 15 is 0 Å². The fraction of sp³-hybridized carbons (Fsp3) is 0.688. The van der Waals surface area contributed by atoms with Crippen LogP contribution in [0.3, 0.4) is 0 Å². The Kier molecular flexibility index (Phi) is 4.86. The minimum atomic E-state index is -0.562. The second kappa shape index (κ2) is 6.90. The van der Waals surface area contributed by atoms with Gasteiger partial charge in [0.25, 0.3) is 5.56 Å². The Morgan fingerprint density at radius 3 is 2.71 bits per heavy atom. The van der Waals surface area contributed by atoms with Crippen LogP contribution in [0, 0.1) is 6.92 Å². The normalized spacial score (nSPS) is 23.1. The number of nitrogens with one attached hydrogen (secondary N) is 3. The van der Waals surface area contributed by atoms with E-state index in [0.717, 1.165) is 25.7 Å². The van der Waals surface area contributed by atoms with Crippen molar-refractivity contribution in [3.05, 3.63) is 32.1 Å². The van der Waals surface area contributed by atoms with E-state index in [1.807, 2.05) is 0 Å². The van der Waals surface area contributed by atoms with Gasteiger partial charge in [0.2, 0.25) is 5.91 Å². The van der Waals surface area contributed by atoms with Crippen LogP contribution in [0.15, 0.2) is 9.59 Å². The predicted molar refractivity (Wildman–Crippen MR) is 86.0 cm³/mol. The van der Waals surface area contributed by atoms with Crippen molar-refractivity contribution in [1.82, 2.24) is 15.3 Å². The first kappa shape index (κ1) is 16.9. The van der Waals surface area contributed by atoms with Gasteiger partial charge in [-0.1, -0.05) is 0 Å². The topological polar surface area (TPSA) is 113 Å². The molecule has 24 heavy (non-hydrogen) atoms. The van der Waals surface area contributed by atoms with Gasteiger partial charge in [-0.25, -0.2) is 4.79 Å². The van der Waals surface area contributed by atoms with E-state index in [1.165, 1.54) is 0 Å². The summed E-state index contributed by atoms with van der Waals surface area (Å²) in [6.45, 7) is 3.60. The van der Waals surface area contributed by atoms with E-state index in [-0.39, 0.29) is 24.0 Å². The maximum Gasteiger partial charge on any atom is 0.325 e. The summed E-state index contributed by atoms with van der Waals surface area (Å²) in [7, 11) is 0. The monoisotopic (exact) mass is 337 g/mol. The Labute approximate surface area is 138 Å². The fourth-order valence-corrected chi connectivity index (χ4v) is 3.52. The van der Waals surface area contributed by atoms with Crippen molar-refractivity contribution in [3.8, 4) is 0 Å². The molecule has 2 saturated heterocycles. The first-order chi connectivity index (χ1) is 11.5. The molecule has 8 heteroatoms. The molecule has 1 atom stereocenters. The highest BCUT2D eigenvalue weighted by Crippen LogP contribution is 2.34. The number of hydrogen-bond acceptors (Lipinski definition) is 5. The zero-order valence-corrected chi connectivity index (χ0v) is 13.8. The maximum atomic E-state index is 12.3. The van der Waals surface area contributed by atoms with Gasteiger partial charge < -0.3 is 19.8 Å². The molecule has 2 aliphatic rings. The van der Waals surface area contributed by atoms with Crippen molar-refractivity contribution < 1.29 is 14.3 Å². The van der Waals surface area contributed by atoms with Crippen molar-refractivity contribution >= 4 is 5.91 Å². The number of hydrogen-bond donors (Lipinski definition) is 3. The van der Waals surface area contributed by atoms with Crippen molar-refractivity contribution in [2.75, 3.05) is 19.8 Å². The molecule has 3 N–H and O–H groups in total. The highest BCUT2D eigenvalue weighted by molar-refractivity contribution is 5.79. The smallest absolute Gasteiger partial charge is 0.325 e. The summed E-state index contributed by atoms with van der Waals surface area (Å²) in [5, 5.41) is 3.00. The minimum absolute atomic E-state index is 0.0338. The second-order valence-electron chi connectivity index (χ2n) is 6.59. The van der Waals surface area contributed by atoms with Crippen molar-refractivity contribution in [2.45, 2.75) is 50.7 Å². The first-order valence-corrected chi connectivity index (χ1v) is 8.31. The zero-order chi connectivity index (χ0) is 17.2. The minimum Gasteiger partial charge on any atom is -0.381 e. The number of aromatic nitrogens is 2. The van der Waals surface area contributed by atoms with Gasteiger partial charge >= 0.3 is 5.69 Å². The lowest BCUT2D eigenvalue weighted by Gasteiger charge is -2.43. The van der Waals surface area contributed by atoms with E-state index in [0.29, 0.717) is 31.1 Å². The molecule has 1 aromatic rings. The summed E-state index contributed by atoms with van der Waals surface area (Å²) < 4.78 is 11.4. The second-order valence-corrected chi connectivity index (χ2v) is 6.59. The van der Waals surface area contributed by atoms with Gasteiger partial charge in [0, 0.05) is 37.1 Å². The number of amides is 1. The van der Waals surface area contributed by atoms with Crippen LogP contribution in [0.1, 0.15) is 36.9 Å². The number of aryl methyl sites for hydroxylation is 1. The summed E-state index contributed by atoms with van der Waals surface area (Å²) in [5.74, 6) is -0.218. The molecule has 2 aliphatic heterocycles.